The highest BCUT2D eigenvalue weighted by atomic mass is 32.2. The molecule has 1 aromatic carbocycles. The van der Waals surface area contributed by atoms with E-state index in [4.69, 9.17) is 4.42 Å². The number of rotatable bonds is 3. The molecule has 2 aliphatic heterocycles. The molecule has 110 valence electrons. The number of carbonyl (C=O) groups excluding carboxylic acids is 1. The van der Waals surface area contributed by atoms with Crippen molar-refractivity contribution in [1.82, 2.24) is 4.90 Å². The minimum atomic E-state index is -0.248. The Labute approximate surface area is 131 Å². The van der Waals surface area contributed by atoms with Crippen LogP contribution in [0.3, 0.4) is 0 Å². The van der Waals surface area contributed by atoms with Gasteiger partial charge in [-0.25, -0.2) is 0 Å². The number of benzene rings is 1. The second-order valence-electron chi connectivity index (χ2n) is 4.95. The predicted octanol–water partition coefficient (Wildman–Crippen LogP) is 3.25. The number of nitrogens with zero attached hydrogens (tertiary/aromatic N) is 2. The van der Waals surface area contributed by atoms with Gasteiger partial charge in [-0.2, -0.15) is 0 Å². The van der Waals surface area contributed by atoms with E-state index >= 15 is 0 Å². The quantitative estimate of drug-likeness (QED) is 0.945. The fourth-order valence-corrected chi connectivity index (χ4v) is 3.43. The van der Waals surface area contributed by atoms with Gasteiger partial charge < -0.3 is 14.6 Å². The van der Waals surface area contributed by atoms with E-state index in [1.807, 2.05) is 24.3 Å². The van der Waals surface area contributed by atoms with E-state index < -0.39 is 0 Å². The second kappa shape index (κ2) is 5.38. The van der Waals surface area contributed by atoms with Gasteiger partial charge in [-0.05, 0) is 29.8 Å². The third-order valence-corrected chi connectivity index (χ3v) is 4.45. The molecular weight excluding hydrogens is 298 g/mol. The van der Waals surface area contributed by atoms with E-state index in [-0.39, 0.29) is 5.91 Å². The SMILES string of the molecule is O=C(Nc1ccc(C2=CSC3=NCCN23)cc1)c1ccco1. The Morgan fingerprint density at radius 3 is 2.91 bits per heavy atom. The Bertz CT molecular complexity index is 763. The average molecular weight is 311 g/mol. The van der Waals surface area contributed by atoms with Crippen LogP contribution in [0.15, 0.2) is 57.5 Å². The van der Waals surface area contributed by atoms with Crippen LogP contribution in [-0.2, 0) is 0 Å². The molecule has 2 aromatic rings. The normalized spacial score (nSPS) is 16.3. The van der Waals surface area contributed by atoms with E-state index in [2.05, 4.69) is 20.6 Å². The molecule has 0 aliphatic carbocycles. The molecule has 5 nitrogen and oxygen atoms in total. The van der Waals surface area contributed by atoms with Crippen LogP contribution in [0.2, 0.25) is 0 Å². The number of carbonyl (C=O) groups is 1. The number of fused-ring (bicyclic) bond motifs is 1. The van der Waals surface area contributed by atoms with Crippen LogP contribution in [0.1, 0.15) is 16.1 Å². The number of anilines is 1. The smallest absolute Gasteiger partial charge is 0.291 e. The zero-order valence-electron chi connectivity index (χ0n) is 11.7. The van der Waals surface area contributed by atoms with Crippen molar-refractivity contribution in [2.75, 3.05) is 18.4 Å². The van der Waals surface area contributed by atoms with Gasteiger partial charge in [0.2, 0.25) is 0 Å². The number of nitrogens with one attached hydrogen (secondary N) is 1. The van der Waals surface area contributed by atoms with Crippen molar-refractivity contribution in [3.63, 3.8) is 0 Å². The van der Waals surface area contributed by atoms with Crippen LogP contribution in [0, 0.1) is 0 Å². The van der Waals surface area contributed by atoms with Crippen LogP contribution < -0.4 is 5.32 Å². The van der Waals surface area contributed by atoms with E-state index in [1.165, 1.54) is 12.0 Å². The molecule has 0 radical (unpaired) electrons. The van der Waals surface area contributed by atoms with Crippen molar-refractivity contribution in [1.29, 1.82) is 0 Å². The standard InChI is InChI=1S/C16H13N3O2S/c20-15(14-2-1-9-21-14)18-12-5-3-11(4-6-12)13-10-22-16-17-7-8-19(13)16/h1-6,9-10H,7-8H2,(H,18,20). The highest BCUT2D eigenvalue weighted by Gasteiger charge is 2.26. The number of amidine groups is 1. The number of hydrogen-bond acceptors (Lipinski definition) is 5. The maximum absolute atomic E-state index is 11.9. The maximum Gasteiger partial charge on any atom is 0.291 e. The molecule has 1 N–H and O–H groups in total. The van der Waals surface area contributed by atoms with Crippen LogP contribution in [0.4, 0.5) is 5.69 Å². The molecule has 0 bridgehead atoms. The fraction of sp³-hybridized carbons (Fsp3) is 0.125. The van der Waals surface area contributed by atoms with Gasteiger partial charge in [0.15, 0.2) is 10.9 Å². The van der Waals surface area contributed by atoms with Gasteiger partial charge in [0, 0.05) is 17.6 Å². The Kier molecular flexibility index (Phi) is 3.23. The van der Waals surface area contributed by atoms with Crippen LogP contribution in [0.5, 0.6) is 0 Å². The number of aliphatic imine (C=N–C) groups is 1. The number of furan rings is 1. The third-order valence-electron chi connectivity index (χ3n) is 3.55. The summed E-state index contributed by atoms with van der Waals surface area (Å²) < 4.78 is 5.08. The lowest BCUT2D eigenvalue weighted by atomic mass is 10.1. The topological polar surface area (TPSA) is 57.8 Å². The molecule has 3 heterocycles. The van der Waals surface area contributed by atoms with Crippen molar-refractivity contribution < 1.29 is 9.21 Å². The molecule has 22 heavy (non-hydrogen) atoms. The van der Waals surface area contributed by atoms with Gasteiger partial charge in [0.1, 0.15) is 0 Å². The van der Waals surface area contributed by atoms with E-state index in [1.54, 1.807) is 23.9 Å². The summed E-state index contributed by atoms with van der Waals surface area (Å²) in [4.78, 5) is 18.6. The Morgan fingerprint density at radius 1 is 1.27 bits per heavy atom. The minimum Gasteiger partial charge on any atom is -0.459 e. The van der Waals surface area contributed by atoms with Gasteiger partial charge in [0.25, 0.3) is 5.91 Å². The summed E-state index contributed by atoms with van der Waals surface area (Å²) in [5.41, 5.74) is 3.03. The first-order valence-electron chi connectivity index (χ1n) is 6.95. The van der Waals surface area contributed by atoms with Gasteiger partial charge in [-0.3, -0.25) is 9.79 Å². The Balaban J connectivity index is 1.49. The highest BCUT2D eigenvalue weighted by Crippen LogP contribution is 2.35. The lowest BCUT2D eigenvalue weighted by Crippen LogP contribution is -2.19. The van der Waals surface area contributed by atoms with Crippen molar-refractivity contribution in [2.24, 2.45) is 4.99 Å². The van der Waals surface area contributed by atoms with E-state index in [0.29, 0.717) is 5.76 Å². The van der Waals surface area contributed by atoms with Crippen molar-refractivity contribution in [3.05, 3.63) is 59.4 Å². The monoisotopic (exact) mass is 311 g/mol. The maximum atomic E-state index is 11.9. The first-order valence-corrected chi connectivity index (χ1v) is 7.83. The van der Waals surface area contributed by atoms with Crippen LogP contribution in [0.25, 0.3) is 5.70 Å². The molecule has 0 saturated carbocycles. The molecule has 0 atom stereocenters. The third kappa shape index (κ3) is 2.31. The van der Waals surface area contributed by atoms with Crippen molar-refractivity contribution >= 4 is 34.2 Å². The minimum absolute atomic E-state index is 0.248. The van der Waals surface area contributed by atoms with Crippen LogP contribution >= 0.6 is 11.8 Å². The molecular formula is C16H13N3O2S. The largest absolute Gasteiger partial charge is 0.459 e. The molecule has 6 heteroatoms. The summed E-state index contributed by atoms with van der Waals surface area (Å²) >= 11 is 1.66. The molecule has 1 amide bonds. The number of amides is 1. The molecule has 0 spiro atoms. The molecule has 0 unspecified atom stereocenters. The van der Waals surface area contributed by atoms with E-state index in [0.717, 1.165) is 29.5 Å². The number of hydrogen-bond donors (Lipinski definition) is 1. The van der Waals surface area contributed by atoms with Gasteiger partial charge in [0.05, 0.1) is 18.5 Å². The van der Waals surface area contributed by atoms with Crippen LogP contribution in [-0.4, -0.2) is 29.1 Å². The number of thioether (sulfide) groups is 1. The Hall–Kier alpha value is -2.47. The molecule has 0 fully saturated rings. The second-order valence-corrected chi connectivity index (χ2v) is 5.78. The summed E-state index contributed by atoms with van der Waals surface area (Å²) in [6.07, 6.45) is 1.48. The summed E-state index contributed by atoms with van der Waals surface area (Å²) in [6, 6.07) is 11.1. The summed E-state index contributed by atoms with van der Waals surface area (Å²) in [5.74, 6) is 0.0549. The lowest BCUT2D eigenvalue weighted by molar-refractivity contribution is 0.0996. The Morgan fingerprint density at radius 2 is 2.14 bits per heavy atom. The zero-order valence-corrected chi connectivity index (χ0v) is 12.5. The predicted molar refractivity (Wildman–Crippen MR) is 87.7 cm³/mol. The first kappa shape index (κ1) is 13.2. The van der Waals surface area contributed by atoms with E-state index in [9.17, 15) is 4.79 Å². The molecule has 2 aliphatic rings. The molecule has 1 aromatic heterocycles. The molecule has 4 rings (SSSR count). The average Bonchev–Trinajstić information content (AvgIpc) is 3.26. The van der Waals surface area contributed by atoms with Gasteiger partial charge in [-0.15, -0.1) is 0 Å². The lowest BCUT2D eigenvalue weighted by Gasteiger charge is -2.16. The first-order chi connectivity index (χ1) is 10.8. The van der Waals surface area contributed by atoms with Gasteiger partial charge >= 0.3 is 0 Å². The molecule has 0 saturated heterocycles. The summed E-state index contributed by atoms with van der Waals surface area (Å²) in [6.45, 7) is 1.79. The highest BCUT2D eigenvalue weighted by molar-refractivity contribution is 8.16. The van der Waals surface area contributed by atoms with Gasteiger partial charge in [-0.1, -0.05) is 23.9 Å². The summed E-state index contributed by atoms with van der Waals surface area (Å²) in [7, 11) is 0. The van der Waals surface area contributed by atoms with Crippen molar-refractivity contribution in [3.8, 4) is 0 Å². The fourth-order valence-electron chi connectivity index (χ4n) is 2.47. The van der Waals surface area contributed by atoms with Crippen molar-refractivity contribution in [2.45, 2.75) is 0 Å². The summed E-state index contributed by atoms with van der Waals surface area (Å²) in [5, 5.41) is 6.01. The zero-order chi connectivity index (χ0) is 14.9.